The molecule has 0 unspecified atom stereocenters. The second-order valence-corrected chi connectivity index (χ2v) is 5.64. The molecular formula is C15H16FN5O4. The first-order chi connectivity index (χ1) is 11.9. The lowest BCUT2D eigenvalue weighted by molar-refractivity contribution is -0.143. The largest absolute Gasteiger partial charge is 0.469 e. The van der Waals surface area contributed by atoms with E-state index in [4.69, 9.17) is 16.9 Å². The third-order valence-electron chi connectivity index (χ3n) is 4.21. The predicted octanol–water partition coefficient (Wildman–Crippen LogP) is 0.153. The summed E-state index contributed by atoms with van der Waals surface area (Å²) in [5, 5.41) is 10.4. The number of anilines is 1. The number of aliphatic hydroxyl groups is 1. The molecule has 3 heterocycles. The van der Waals surface area contributed by atoms with E-state index >= 15 is 0 Å². The maximum Gasteiger partial charge on any atom is 0.312 e. The molecule has 3 N–H and O–H groups in total. The molecule has 2 aromatic heterocycles. The number of hydrogen-bond donors (Lipinski definition) is 2. The number of aromatic nitrogens is 4. The van der Waals surface area contributed by atoms with Crippen LogP contribution in [0.2, 0.25) is 0 Å². The summed E-state index contributed by atoms with van der Waals surface area (Å²) in [6.45, 7) is 0. The van der Waals surface area contributed by atoms with Gasteiger partial charge in [0.25, 0.3) is 0 Å². The van der Waals surface area contributed by atoms with Crippen molar-refractivity contribution in [2.75, 3.05) is 12.8 Å². The number of rotatable bonds is 4. The van der Waals surface area contributed by atoms with Gasteiger partial charge >= 0.3 is 12.0 Å². The van der Waals surface area contributed by atoms with Crippen LogP contribution in [0.25, 0.3) is 11.2 Å². The molecule has 1 aliphatic rings. The summed E-state index contributed by atoms with van der Waals surface area (Å²) in [6.07, 6.45) is 4.30. The summed E-state index contributed by atoms with van der Waals surface area (Å²) in [4.78, 5) is 22.5. The lowest BCUT2D eigenvalue weighted by Crippen LogP contribution is -2.38. The van der Waals surface area contributed by atoms with Gasteiger partial charge in [0.15, 0.2) is 22.6 Å². The van der Waals surface area contributed by atoms with Crippen LogP contribution < -0.4 is 5.73 Å². The Hall–Kier alpha value is -2.77. The van der Waals surface area contributed by atoms with Crippen LogP contribution in [-0.4, -0.2) is 49.4 Å². The molecule has 3 atom stereocenters. The predicted molar refractivity (Wildman–Crippen MR) is 83.3 cm³/mol. The van der Waals surface area contributed by atoms with Crippen molar-refractivity contribution < 1.29 is 23.8 Å². The molecule has 9 nitrogen and oxygen atoms in total. The van der Waals surface area contributed by atoms with E-state index in [1.54, 1.807) is 0 Å². The smallest absolute Gasteiger partial charge is 0.312 e. The van der Waals surface area contributed by atoms with Gasteiger partial charge in [-0.2, -0.15) is 14.4 Å². The van der Waals surface area contributed by atoms with E-state index in [2.05, 4.69) is 25.6 Å². The lowest BCUT2D eigenvalue weighted by Gasteiger charge is -2.26. The highest BCUT2D eigenvalue weighted by atomic mass is 19.1. The van der Waals surface area contributed by atoms with E-state index in [0.29, 0.717) is 0 Å². The van der Waals surface area contributed by atoms with Crippen LogP contribution in [0.3, 0.4) is 0 Å². The van der Waals surface area contributed by atoms with Crippen molar-refractivity contribution in [1.82, 2.24) is 19.5 Å². The molecule has 1 aliphatic heterocycles. The molecule has 0 spiro atoms. The minimum absolute atomic E-state index is 0.0150. The molecule has 0 aromatic carbocycles. The van der Waals surface area contributed by atoms with Gasteiger partial charge < -0.3 is 20.3 Å². The molecule has 1 fully saturated rings. The van der Waals surface area contributed by atoms with Gasteiger partial charge in [-0.1, -0.05) is 5.92 Å². The molecule has 0 bridgehead atoms. The van der Waals surface area contributed by atoms with Gasteiger partial charge in [0.05, 0.1) is 19.5 Å². The van der Waals surface area contributed by atoms with Crippen LogP contribution in [0, 0.1) is 18.4 Å². The number of ether oxygens (including phenoxy) is 2. The van der Waals surface area contributed by atoms with Crippen molar-refractivity contribution in [3.8, 4) is 12.3 Å². The van der Waals surface area contributed by atoms with E-state index in [0.717, 1.165) is 0 Å². The average molecular weight is 349 g/mol. The summed E-state index contributed by atoms with van der Waals surface area (Å²) in [7, 11) is 1.26. The Labute approximate surface area is 142 Å². The maximum absolute atomic E-state index is 13.5. The molecule has 3 rings (SSSR count). The number of imidazole rings is 1. The Morgan fingerprint density at radius 1 is 1.68 bits per heavy atom. The van der Waals surface area contributed by atoms with Crippen LogP contribution in [0.4, 0.5) is 10.2 Å². The fraction of sp³-hybridized carbons (Fsp3) is 0.467. The molecule has 0 aliphatic carbocycles. The van der Waals surface area contributed by atoms with E-state index in [9.17, 15) is 14.3 Å². The van der Waals surface area contributed by atoms with Gasteiger partial charge in [0.1, 0.15) is 6.23 Å². The molecule has 2 aromatic rings. The molecule has 132 valence electrons. The monoisotopic (exact) mass is 349 g/mol. The highest BCUT2D eigenvalue weighted by molar-refractivity contribution is 5.81. The van der Waals surface area contributed by atoms with E-state index in [1.165, 1.54) is 18.0 Å². The highest BCUT2D eigenvalue weighted by Gasteiger charge is 2.48. The number of fused-ring (bicyclic) bond motifs is 1. The van der Waals surface area contributed by atoms with Crippen LogP contribution in [-0.2, 0) is 14.3 Å². The number of terminal acetylenes is 1. The van der Waals surface area contributed by atoms with Crippen molar-refractivity contribution in [1.29, 1.82) is 0 Å². The van der Waals surface area contributed by atoms with Crippen LogP contribution in [0.5, 0.6) is 0 Å². The number of nitrogens with zero attached hydrogens (tertiary/aromatic N) is 4. The Morgan fingerprint density at radius 3 is 3.12 bits per heavy atom. The number of esters is 1. The van der Waals surface area contributed by atoms with Gasteiger partial charge in [-0.15, -0.1) is 6.42 Å². The number of halogens is 1. The van der Waals surface area contributed by atoms with Crippen molar-refractivity contribution in [3.05, 3.63) is 12.4 Å². The third-order valence-corrected chi connectivity index (χ3v) is 4.21. The number of nitrogens with two attached hydrogens (primary N) is 1. The summed E-state index contributed by atoms with van der Waals surface area (Å²) in [5.74, 6) is 1.85. The fourth-order valence-electron chi connectivity index (χ4n) is 2.86. The summed E-state index contributed by atoms with van der Waals surface area (Å²) in [5.41, 5.74) is 4.61. The Balaban J connectivity index is 1.91. The number of nitrogen functional groups attached to an aromatic ring is 1. The van der Waals surface area contributed by atoms with E-state index in [1.807, 2.05) is 0 Å². The fourth-order valence-corrected chi connectivity index (χ4v) is 2.86. The average Bonchev–Trinajstić information content (AvgIpc) is 3.14. The number of aliphatic hydroxyl groups excluding tert-OH is 1. The second kappa shape index (κ2) is 6.27. The summed E-state index contributed by atoms with van der Waals surface area (Å²) < 4.78 is 25.3. The number of carbonyl (C=O) groups is 1. The van der Waals surface area contributed by atoms with Crippen molar-refractivity contribution in [3.63, 3.8) is 0 Å². The van der Waals surface area contributed by atoms with Gasteiger partial charge in [0.2, 0.25) is 0 Å². The topological polar surface area (TPSA) is 125 Å². The molecule has 10 heteroatoms. The third kappa shape index (κ3) is 2.88. The van der Waals surface area contributed by atoms with Crippen LogP contribution in [0.15, 0.2) is 6.33 Å². The van der Waals surface area contributed by atoms with Gasteiger partial charge in [-0.05, 0) is 0 Å². The van der Waals surface area contributed by atoms with Crippen LogP contribution >= 0.6 is 0 Å². The molecule has 0 radical (unpaired) electrons. The Bertz CT molecular complexity index is 863. The quantitative estimate of drug-likeness (QED) is 0.454. The Kier molecular flexibility index (Phi) is 4.28. The molecule has 1 saturated heterocycles. The number of carbonyl (C=O) groups excluding carboxylic acids is 1. The van der Waals surface area contributed by atoms with Gasteiger partial charge in [0, 0.05) is 19.3 Å². The van der Waals surface area contributed by atoms with Gasteiger partial charge in [-0.3, -0.25) is 9.36 Å². The second-order valence-electron chi connectivity index (χ2n) is 5.64. The number of hydrogen-bond acceptors (Lipinski definition) is 8. The van der Waals surface area contributed by atoms with Crippen molar-refractivity contribution in [2.24, 2.45) is 0 Å². The molecule has 0 saturated carbocycles. The Morgan fingerprint density at radius 2 is 2.44 bits per heavy atom. The SMILES string of the molecule is C#C[C@@]1(CCC(=O)OC)O[C@@H](n2cnc3c(N)nc(F)nc32)C[C@@H]1O. The normalized spacial score (nSPS) is 25.8. The zero-order valence-electron chi connectivity index (χ0n) is 13.3. The van der Waals surface area contributed by atoms with Gasteiger partial charge in [-0.25, -0.2) is 4.98 Å². The molecule has 0 amide bonds. The minimum Gasteiger partial charge on any atom is -0.469 e. The lowest BCUT2D eigenvalue weighted by atomic mass is 9.92. The zero-order chi connectivity index (χ0) is 18.2. The van der Waals surface area contributed by atoms with Crippen molar-refractivity contribution >= 4 is 23.0 Å². The minimum atomic E-state index is -1.37. The zero-order valence-corrected chi connectivity index (χ0v) is 13.3. The standard InChI is InChI=1S/C15H16FN5O4/c1-3-15(5-4-10(23)24-2)8(22)6-9(25-15)21-7-18-11-12(17)19-14(16)20-13(11)21/h1,7-9,22H,4-6H2,2H3,(H2,17,19,20)/t8-,9+,15-/m0/s1. The maximum atomic E-state index is 13.5. The van der Waals surface area contributed by atoms with Crippen molar-refractivity contribution in [2.45, 2.75) is 37.2 Å². The highest BCUT2D eigenvalue weighted by Crippen LogP contribution is 2.40. The summed E-state index contributed by atoms with van der Waals surface area (Å²) in [6, 6.07) is 0. The first kappa shape index (κ1) is 17.1. The molecular weight excluding hydrogens is 333 g/mol. The summed E-state index contributed by atoms with van der Waals surface area (Å²) >= 11 is 0. The van der Waals surface area contributed by atoms with E-state index < -0.39 is 30.0 Å². The first-order valence-corrected chi connectivity index (χ1v) is 7.46. The first-order valence-electron chi connectivity index (χ1n) is 7.46. The number of methoxy groups -OCH3 is 1. The molecule has 25 heavy (non-hydrogen) atoms. The van der Waals surface area contributed by atoms with Crippen LogP contribution in [0.1, 0.15) is 25.5 Å². The van der Waals surface area contributed by atoms with E-state index in [-0.39, 0.29) is 36.2 Å².